The molecular weight excluding hydrogens is 214 g/mol. The van der Waals surface area contributed by atoms with E-state index in [9.17, 15) is 0 Å². The van der Waals surface area contributed by atoms with Gasteiger partial charge in [0.2, 0.25) is 0 Å². The van der Waals surface area contributed by atoms with E-state index in [1.807, 2.05) is 19.3 Å². The van der Waals surface area contributed by atoms with E-state index >= 15 is 0 Å². The average molecular weight is 237 g/mol. The highest BCUT2D eigenvalue weighted by atomic mass is 16.5. The maximum atomic E-state index is 5.79. The number of hydrogen-bond donors (Lipinski definition) is 1. The largest absolute Gasteiger partial charge is 0.377 e. The van der Waals surface area contributed by atoms with E-state index in [4.69, 9.17) is 4.74 Å². The zero-order valence-electron chi connectivity index (χ0n) is 11.0. The van der Waals surface area contributed by atoms with E-state index in [1.54, 1.807) is 6.33 Å². The van der Waals surface area contributed by atoms with Crippen LogP contribution < -0.4 is 5.32 Å². The second-order valence-electron chi connectivity index (χ2n) is 4.01. The van der Waals surface area contributed by atoms with Gasteiger partial charge in [-0.05, 0) is 26.3 Å². The third-order valence-electron chi connectivity index (χ3n) is 2.71. The molecule has 2 atom stereocenters. The molecule has 1 rings (SSSR count). The van der Waals surface area contributed by atoms with Gasteiger partial charge in [0, 0.05) is 24.6 Å². The summed E-state index contributed by atoms with van der Waals surface area (Å²) in [5.74, 6) is 0. The van der Waals surface area contributed by atoms with E-state index in [0.717, 1.165) is 31.6 Å². The van der Waals surface area contributed by atoms with Crippen LogP contribution in [0.25, 0.3) is 0 Å². The van der Waals surface area contributed by atoms with Crippen LogP contribution in [0.2, 0.25) is 0 Å². The third-order valence-corrected chi connectivity index (χ3v) is 2.71. The molecule has 0 saturated carbocycles. The molecule has 1 N–H and O–H groups in total. The lowest BCUT2D eigenvalue weighted by Gasteiger charge is -2.27. The van der Waals surface area contributed by atoms with Crippen LogP contribution in [0.15, 0.2) is 18.7 Å². The zero-order valence-corrected chi connectivity index (χ0v) is 11.0. The standard InChI is InChI=1S/C13H23N3O/c1-4-7-16-13(12(5-2)17-6-3)11-8-14-10-15-9-11/h8-10,12-13,16H,4-7H2,1-3H3. The normalized spacial score (nSPS) is 14.5. The van der Waals surface area contributed by atoms with E-state index in [-0.39, 0.29) is 12.1 Å². The van der Waals surface area contributed by atoms with Gasteiger partial charge >= 0.3 is 0 Å². The van der Waals surface area contributed by atoms with Gasteiger partial charge in [0.05, 0.1) is 12.1 Å². The van der Waals surface area contributed by atoms with Crippen LogP contribution in [0.1, 0.15) is 45.2 Å². The van der Waals surface area contributed by atoms with Gasteiger partial charge in [0.15, 0.2) is 0 Å². The minimum Gasteiger partial charge on any atom is -0.377 e. The lowest BCUT2D eigenvalue weighted by Crippen LogP contribution is -2.34. The SMILES string of the molecule is CCCNC(c1cncnc1)C(CC)OCC. The number of hydrogen-bond acceptors (Lipinski definition) is 4. The Morgan fingerprint density at radius 2 is 1.94 bits per heavy atom. The molecule has 0 aliphatic carbocycles. The minimum absolute atomic E-state index is 0.178. The van der Waals surface area contributed by atoms with E-state index in [2.05, 4.69) is 29.1 Å². The molecule has 0 aliphatic rings. The first-order valence-corrected chi connectivity index (χ1v) is 6.43. The maximum absolute atomic E-state index is 5.79. The van der Waals surface area contributed by atoms with Crippen molar-refractivity contribution in [2.75, 3.05) is 13.2 Å². The lowest BCUT2D eigenvalue weighted by atomic mass is 10.0. The molecule has 4 nitrogen and oxygen atoms in total. The Hall–Kier alpha value is -1.00. The van der Waals surface area contributed by atoms with Gasteiger partial charge in [-0.3, -0.25) is 0 Å². The molecular formula is C13H23N3O. The Balaban J connectivity index is 2.78. The van der Waals surface area contributed by atoms with Crippen molar-refractivity contribution < 1.29 is 4.74 Å². The van der Waals surface area contributed by atoms with Crippen molar-refractivity contribution in [1.29, 1.82) is 0 Å². The fourth-order valence-corrected chi connectivity index (χ4v) is 1.90. The molecule has 17 heavy (non-hydrogen) atoms. The zero-order chi connectivity index (χ0) is 12.5. The van der Waals surface area contributed by atoms with E-state index in [0.29, 0.717) is 0 Å². The van der Waals surface area contributed by atoms with Crippen molar-refractivity contribution in [3.63, 3.8) is 0 Å². The number of aromatic nitrogens is 2. The first kappa shape index (κ1) is 14.1. The molecule has 0 radical (unpaired) electrons. The first-order chi connectivity index (χ1) is 8.33. The quantitative estimate of drug-likeness (QED) is 0.754. The Morgan fingerprint density at radius 3 is 2.47 bits per heavy atom. The summed E-state index contributed by atoms with van der Waals surface area (Å²) in [5.41, 5.74) is 1.10. The second kappa shape index (κ2) is 8.14. The summed E-state index contributed by atoms with van der Waals surface area (Å²) in [6, 6.07) is 0.182. The van der Waals surface area contributed by atoms with E-state index in [1.165, 1.54) is 0 Å². The summed E-state index contributed by atoms with van der Waals surface area (Å²) in [6.45, 7) is 8.04. The molecule has 0 aromatic carbocycles. The Bertz CT molecular complexity index is 292. The molecule has 0 aliphatic heterocycles. The van der Waals surface area contributed by atoms with Crippen LogP contribution in [0.3, 0.4) is 0 Å². The highest BCUT2D eigenvalue weighted by Gasteiger charge is 2.21. The fourth-order valence-electron chi connectivity index (χ4n) is 1.90. The highest BCUT2D eigenvalue weighted by Crippen LogP contribution is 2.20. The van der Waals surface area contributed by atoms with Gasteiger partial charge in [0.1, 0.15) is 6.33 Å². The smallest absolute Gasteiger partial charge is 0.115 e. The molecule has 1 aromatic heterocycles. The predicted molar refractivity (Wildman–Crippen MR) is 68.8 cm³/mol. The van der Waals surface area contributed by atoms with Crippen molar-refractivity contribution in [3.8, 4) is 0 Å². The number of nitrogens with one attached hydrogen (secondary N) is 1. The van der Waals surface area contributed by atoms with Gasteiger partial charge in [0.25, 0.3) is 0 Å². The average Bonchev–Trinajstić information content (AvgIpc) is 2.39. The minimum atomic E-state index is 0.178. The Kier molecular flexibility index (Phi) is 6.74. The molecule has 96 valence electrons. The Labute approximate surface area is 104 Å². The molecule has 0 saturated heterocycles. The van der Waals surface area contributed by atoms with Gasteiger partial charge < -0.3 is 10.1 Å². The topological polar surface area (TPSA) is 47.0 Å². The monoisotopic (exact) mass is 237 g/mol. The lowest BCUT2D eigenvalue weighted by molar-refractivity contribution is 0.0312. The van der Waals surface area contributed by atoms with Crippen LogP contribution in [0, 0.1) is 0 Å². The summed E-state index contributed by atoms with van der Waals surface area (Å²) >= 11 is 0. The molecule has 0 spiro atoms. The van der Waals surface area contributed by atoms with Gasteiger partial charge in [-0.1, -0.05) is 13.8 Å². The van der Waals surface area contributed by atoms with Crippen molar-refractivity contribution in [2.24, 2.45) is 0 Å². The summed E-state index contributed by atoms with van der Waals surface area (Å²) < 4.78 is 5.79. The van der Waals surface area contributed by atoms with Gasteiger partial charge in [-0.15, -0.1) is 0 Å². The maximum Gasteiger partial charge on any atom is 0.115 e. The predicted octanol–water partition coefficient (Wildman–Crippen LogP) is 2.33. The highest BCUT2D eigenvalue weighted by molar-refractivity contribution is 5.11. The van der Waals surface area contributed by atoms with Crippen LogP contribution >= 0.6 is 0 Å². The summed E-state index contributed by atoms with van der Waals surface area (Å²) in [7, 11) is 0. The first-order valence-electron chi connectivity index (χ1n) is 6.43. The molecule has 0 bridgehead atoms. The van der Waals surface area contributed by atoms with Crippen LogP contribution in [0.4, 0.5) is 0 Å². The molecule has 4 heteroatoms. The van der Waals surface area contributed by atoms with Crippen molar-refractivity contribution >= 4 is 0 Å². The number of ether oxygens (including phenoxy) is 1. The molecule has 0 amide bonds. The summed E-state index contributed by atoms with van der Waals surface area (Å²) in [4.78, 5) is 8.17. The molecule has 1 aromatic rings. The second-order valence-corrected chi connectivity index (χ2v) is 4.01. The van der Waals surface area contributed by atoms with Gasteiger partial charge in [-0.25, -0.2) is 9.97 Å². The summed E-state index contributed by atoms with van der Waals surface area (Å²) in [5, 5.41) is 3.52. The van der Waals surface area contributed by atoms with Crippen LogP contribution in [0.5, 0.6) is 0 Å². The van der Waals surface area contributed by atoms with E-state index < -0.39 is 0 Å². The molecule has 2 unspecified atom stereocenters. The summed E-state index contributed by atoms with van der Waals surface area (Å²) in [6.07, 6.45) is 7.54. The Morgan fingerprint density at radius 1 is 1.24 bits per heavy atom. The fraction of sp³-hybridized carbons (Fsp3) is 0.692. The van der Waals surface area contributed by atoms with Crippen molar-refractivity contribution in [1.82, 2.24) is 15.3 Å². The van der Waals surface area contributed by atoms with Crippen LogP contribution in [-0.4, -0.2) is 29.2 Å². The van der Waals surface area contributed by atoms with Crippen LogP contribution in [-0.2, 0) is 4.74 Å². The van der Waals surface area contributed by atoms with Crippen molar-refractivity contribution in [3.05, 3.63) is 24.3 Å². The molecule has 1 heterocycles. The van der Waals surface area contributed by atoms with Gasteiger partial charge in [-0.2, -0.15) is 0 Å². The van der Waals surface area contributed by atoms with Crippen molar-refractivity contribution in [2.45, 2.75) is 45.8 Å². The number of rotatable bonds is 8. The molecule has 0 fully saturated rings. The third kappa shape index (κ3) is 4.40. The number of nitrogens with zero attached hydrogens (tertiary/aromatic N) is 2.